The van der Waals surface area contributed by atoms with Crippen molar-refractivity contribution in [2.45, 2.75) is 45.6 Å². The highest BCUT2D eigenvalue weighted by molar-refractivity contribution is 5.80. The van der Waals surface area contributed by atoms with Gasteiger partial charge in [0.15, 0.2) is 5.96 Å². The van der Waals surface area contributed by atoms with E-state index in [1.807, 2.05) is 0 Å². The van der Waals surface area contributed by atoms with Crippen LogP contribution in [0.4, 0.5) is 0 Å². The number of ether oxygens (including phenoxy) is 1. The van der Waals surface area contributed by atoms with Crippen LogP contribution in [0.5, 0.6) is 0 Å². The Morgan fingerprint density at radius 1 is 1.19 bits per heavy atom. The van der Waals surface area contributed by atoms with E-state index in [0.29, 0.717) is 6.04 Å². The van der Waals surface area contributed by atoms with Crippen molar-refractivity contribution < 1.29 is 4.74 Å². The molecule has 21 heavy (non-hydrogen) atoms. The topological polar surface area (TPSA) is 40.1 Å². The van der Waals surface area contributed by atoms with Gasteiger partial charge < -0.3 is 15.0 Å². The van der Waals surface area contributed by atoms with E-state index < -0.39 is 0 Å². The second-order valence-corrected chi connectivity index (χ2v) is 5.98. The fourth-order valence-corrected chi connectivity index (χ4v) is 3.15. The van der Waals surface area contributed by atoms with Gasteiger partial charge in [-0.05, 0) is 19.8 Å². The quantitative estimate of drug-likeness (QED) is 0.459. The van der Waals surface area contributed by atoms with E-state index in [0.717, 1.165) is 58.4 Å². The first-order valence-corrected chi connectivity index (χ1v) is 8.70. The van der Waals surface area contributed by atoms with Gasteiger partial charge in [-0.25, -0.2) is 0 Å². The maximum Gasteiger partial charge on any atom is 0.193 e. The normalized spacial score (nSPS) is 24.6. The Morgan fingerprint density at radius 3 is 2.71 bits per heavy atom. The van der Waals surface area contributed by atoms with Gasteiger partial charge in [-0.2, -0.15) is 0 Å². The van der Waals surface area contributed by atoms with Crippen molar-refractivity contribution in [1.82, 2.24) is 15.1 Å². The van der Waals surface area contributed by atoms with Crippen LogP contribution in [0.1, 0.15) is 39.5 Å². The summed E-state index contributed by atoms with van der Waals surface area (Å²) in [7, 11) is 0. The lowest BCUT2D eigenvalue weighted by atomic mass is 10.2. The molecule has 1 N–H and O–H groups in total. The first kappa shape index (κ1) is 16.6. The average Bonchev–Trinajstić information content (AvgIpc) is 3.01. The van der Waals surface area contributed by atoms with Crippen molar-refractivity contribution in [3.63, 3.8) is 0 Å². The van der Waals surface area contributed by atoms with Crippen LogP contribution >= 0.6 is 0 Å². The number of aliphatic imine (C=N–C) groups is 1. The van der Waals surface area contributed by atoms with E-state index in [9.17, 15) is 0 Å². The van der Waals surface area contributed by atoms with Gasteiger partial charge in [0.2, 0.25) is 0 Å². The Morgan fingerprint density at radius 2 is 2.00 bits per heavy atom. The van der Waals surface area contributed by atoms with Gasteiger partial charge in [-0.1, -0.05) is 19.8 Å². The van der Waals surface area contributed by atoms with Crippen LogP contribution in [0.15, 0.2) is 4.99 Å². The summed E-state index contributed by atoms with van der Waals surface area (Å²) in [6.07, 6.45) is 4.99. The molecule has 2 fully saturated rings. The number of rotatable bonds is 6. The van der Waals surface area contributed by atoms with E-state index in [2.05, 4.69) is 29.0 Å². The zero-order valence-electron chi connectivity index (χ0n) is 13.8. The Hall–Kier alpha value is -0.810. The average molecular weight is 296 g/mol. The summed E-state index contributed by atoms with van der Waals surface area (Å²) in [5, 5.41) is 3.46. The summed E-state index contributed by atoms with van der Waals surface area (Å²) in [5.41, 5.74) is 0. The summed E-state index contributed by atoms with van der Waals surface area (Å²) in [4.78, 5) is 9.83. The van der Waals surface area contributed by atoms with Crippen molar-refractivity contribution in [3.05, 3.63) is 0 Å². The third-order valence-electron chi connectivity index (χ3n) is 4.38. The van der Waals surface area contributed by atoms with Crippen LogP contribution in [-0.4, -0.2) is 74.3 Å². The Balaban J connectivity index is 1.83. The molecule has 122 valence electrons. The number of nitrogens with one attached hydrogen (secondary N) is 1. The predicted octanol–water partition coefficient (Wildman–Crippen LogP) is 1.55. The van der Waals surface area contributed by atoms with E-state index in [-0.39, 0.29) is 0 Å². The molecule has 1 unspecified atom stereocenters. The van der Waals surface area contributed by atoms with E-state index >= 15 is 0 Å². The summed E-state index contributed by atoms with van der Waals surface area (Å²) < 4.78 is 5.46. The first-order chi connectivity index (χ1) is 10.3. The second-order valence-electron chi connectivity index (χ2n) is 5.98. The number of nitrogens with zero attached hydrogens (tertiary/aromatic N) is 3. The lowest BCUT2D eigenvalue weighted by Crippen LogP contribution is -2.46. The van der Waals surface area contributed by atoms with Crippen LogP contribution in [0, 0.1) is 0 Å². The van der Waals surface area contributed by atoms with E-state index in [1.54, 1.807) is 0 Å². The molecule has 0 aromatic carbocycles. The zero-order valence-corrected chi connectivity index (χ0v) is 13.8. The van der Waals surface area contributed by atoms with Crippen molar-refractivity contribution in [2.75, 3.05) is 52.5 Å². The SMILES string of the molecule is CCCCCN=C(NCC)N1CCC(N2CCOCC2)C1. The summed E-state index contributed by atoms with van der Waals surface area (Å²) >= 11 is 0. The standard InChI is InChI=1S/C16H32N4O/c1-3-5-6-8-18-16(17-4-2)20-9-7-15(14-20)19-10-12-21-13-11-19/h15H,3-14H2,1-2H3,(H,17,18). The Kier molecular flexibility index (Phi) is 7.30. The third-order valence-corrected chi connectivity index (χ3v) is 4.38. The van der Waals surface area contributed by atoms with Crippen LogP contribution < -0.4 is 5.32 Å². The van der Waals surface area contributed by atoms with Gasteiger partial charge in [0, 0.05) is 45.3 Å². The Labute approximate surface area is 129 Å². The molecule has 0 saturated carbocycles. The first-order valence-electron chi connectivity index (χ1n) is 8.70. The molecule has 0 aromatic heterocycles. The van der Waals surface area contributed by atoms with E-state index in [1.165, 1.54) is 25.7 Å². The highest BCUT2D eigenvalue weighted by atomic mass is 16.5. The molecule has 1 atom stereocenters. The molecule has 5 nitrogen and oxygen atoms in total. The molecule has 0 radical (unpaired) electrons. The molecule has 0 spiro atoms. The molecule has 2 saturated heterocycles. The minimum Gasteiger partial charge on any atom is -0.379 e. The smallest absolute Gasteiger partial charge is 0.193 e. The molecule has 2 aliphatic heterocycles. The molecule has 2 heterocycles. The zero-order chi connectivity index (χ0) is 14.9. The molecule has 0 aromatic rings. The van der Waals surface area contributed by atoms with E-state index in [4.69, 9.17) is 9.73 Å². The molecule has 5 heteroatoms. The number of morpholine rings is 1. The van der Waals surface area contributed by atoms with Crippen molar-refractivity contribution in [1.29, 1.82) is 0 Å². The summed E-state index contributed by atoms with van der Waals surface area (Å²) in [5.74, 6) is 1.12. The molecule has 0 aliphatic carbocycles. The van der Waals surface area contributed by atoms with Crippen molar-refractivity contribution >= 4 is 5.96 Å². The summed E-state index contributed by atoms with van der Waals surface area (Å²) in [6, 6.07) is 0.674. The molecule has 2 aliphatic rings. The lowest BCUT2D eigenvalue weighted by Gasteiger charge is -2.32. The predicted molar refractivity (Wildman–Crippen MR) is 87.9 cm³/mol. The molecule has 0 amide bonds. The maximum atomic E-state index is 5.46. The number of hydrogen-bond acceptors (Lipinski definition) is 3. The van der Waals surface area contributed by atoms with Crippen LogP contribution in [0.3, 0.4) is 0 Å². The molecular weight excluding hydrogens is 264 g/mol. The molecule has 0 bridgehead atoms. The third kappa shape index (κ3) is 5.15. The van der Waals surface area contributed by atoms with Gasteiger partial charge in [-0.15, -0.1) is 0 Å². The molecular formula is C16H32N4O. The van der Waals surface area contributed by atoms with Gasteiger partial charge in [-0.3, -0.25) is 9.89 Å². The Bertz CT molecular complexity index is 315. The largest absolute Gasteiger partial charge is 0.379 e. The van der Waals surface area contributed by atoms with Gasteiger partial charge in [0.1, 0.15) is 0 Å². The second kappa shape index (κ2) is 9.26. The van der Waals surface area contributed by atoms with Crippen LogP contribution in [0.25, 0.3) is 0 Å². The van der Waals surface area contributed by atoms with Gasteiger partial charge in [0.05, 0.1) is 13.2 Å². The number of unbranched alkanes of at least 4 members (excludes halogenated alkanes) is 2. The maximum absolute atomic E-state index is 5.46. The number of likely N-dealkylation sites (tertiary alicyclic amines) is 1. The minimum absolute atomic E-state index is 0.674. The minimum atomic E-state index is 0.674. The summed E-state index contributed by atoms with van der Waals surface area (Å²) in [6.45, 7) is 12.5. The van der Waals surface area contributed by atoms with Crippen molar-refractivity contribution in [3.8, 4) is 0 Å². The van der Waals surface area contributed by atoms with Crippen LogP contribution in [0.2, 0.25) is 0 Å². The molecule has 2 rings (SSSR count). The van der Waals surface area contributed by atoms with Gasteiger partial charge >= 0.3 is 0 Å². The highest BCUT2D eigenvalue weighted by Gasteiger charge is 2.30. The van der Waals surface area contributed by atoms with Gasteiger partial charge in [0.25, 0.3) is 0 Å². The fourth-order valence-electron chi connectivity index (χ4n) is 3.15. The highest BCUT2D eigenvalue weighted by Crippen LogP contribution is 2.17. The number of hydrogen-bond donors (Lipinski definition) is 1. The number of guanidine groups is 1. The van der Waals surface area contributed by atoms with Crippen molar-refractivity contribution in [2.24, 2.45) is 4.99 Å². The monoisotopic (exact) mass is 296 g/mol. The lowest BCUT2D eigenvalue weighted by molar-refractivity contribution is 0.0195. The fraction of sp³-hybridized carbons (Fsp3) is 0.938. The van der Waals surface area contributed by atoms with Crippen LogP contribution in [-0.2, 0) is 4.74 Å².